The second kappa shape index (κ2) is 6.19. The first-order valence-corrected chi connectivity index (χ1v) is 6.46. The lowest BCUT2D eigenvalue weighted by atomic mass is 9.94. The molecule has 0 radical (unpaired) electrons. The van der Waals surface area contributed by atoms with Gasteiger partial charge in [0.15, 0.2) is 11.6 Å². The number of amides is 1. The van der Waals surface area contributed by atoms with E-state index in [-0.39, 0.29) is 17.9 Å². The van der Waals surface area contributed by atoms with Crippen molar-refractivity contribution in [3.05, 3.63) is 29.6 Å². The van der Waals surface area contributed by atoms with E-state index in [2.05, 4.69) is 5.32 Å². The maximum absolute atomic E-state index is 13.5. The Morgan fingerprint density at radius 1 is 1.50 bits per heavy atom. The van der Waals surface area contributed by atoms with E-state index in [0.29, 0.717) is 26.1 Å². The number of hydrogen-bond acceptors (Lipinski definition) is 4. The summed E-state index contributed by atoms with van der Waals surface area (Å²) in [6, 6.07) is 3.99. The number of aliphatic hydroxyl groups is 1. The molecule has 110 valence electrons. The molecule has 6 heteroatoms. The minimum Gasteiger partial charge on any atom is -0.494 e. The van der Waals surface area contributed by atoms with Crippen molar-refractivity contribution in [3.63, 3.8) is 0 Å². The van der Waals surface area contributed by atoms with Gasteiger partial charge in [-0.25, -0.2) is 4.39 Å². The van der Waals surface area contributed by atoms with Gasteiger partial charge in [-0.1, -0.05) is 0 Å². The van der Waals surface area contributed by atoms with E-state index >= 15 is 0 Å². The first-order valence-electron chi connectivity index (χ1n) is 6.46. The highest BCUT2D eigenvalue weighted by Crippen LogP contribution is 2.20. The van der Waals surface area contributed by atoms with E-state index in [0.717, 1.165) is 6.07 Å². The summed E-state index contributed by atoms with van der Waals surface area (Å²) >= 11 is 0. The van der Waals surface area contributed by atoms with Crippen molar-refractivity contribution in [2.45, 2.75) is 18.4 Å². The number of methoxy groups -OCH3 is 1. The topological polar surface area (TPSA) is 67.8 Å². The fourth-order valence-electron chi connectivity index (χ4n) is 2.08. The molecule has 0 saturated carbocycles. The molecule has 1 aliphatic heterocycles. The van der Waals surface area contributed by atoms with Crippen LogP contribution in [-0.4, -0.2) is 43.5 Å². The first kappa shape index (κ1) is 14.7. The summed E-state index contributed by atoms with van der Waals surface area (Å²) < 4.78 is 23.5. The number of rotatable bonds is 4. The molecule has 20 heavy (non-hydrogen) atoms. The highest BCUT2D eigenvalue weighted by Gasteiger charge is 2.30. The Bertz CT molecular complexity index is 486. The normalized spacial score (nSPS) is 17.6. The van der Waals surface area contributed by atoms with Crippen LogP contribution in [0.4, 0.5) is 4.39 Å². The van der Waals surface area contributed by atoms with Gasteiger partial charge in [0.25, 0.3) is 5.91 Å². The Kier molecular flexibility index (Phi) is 4.57. The van der Waals surface area contributed by atoms with Crippen LogP contribution in [0.15, 0.2) is 18.2 Å². The van der Waals surface area contributed by atoms with Gasteiger partial charge in [-0.2, -0.15) is 0 Å². The van der Waals surface area contributed by atoms with Gasteiger partial charge in [-0.3, -0.25) is 4.79 Å². The van der Waals surface area contributed by atoms with Crippen LogP contribution in [0.1, 0.15) is 23.2 Å². The maximum atomic E-state index is 13.5. The predicted molar refractivity (Wildman–Crippen MR) is 70.3 cm³/mol. The average molecular weight is 283 g/mol. The van der Waals surface area contributed by atoms with Gasteiger partial charge in [0.05, 0.1) is 12.7 Å². The van der Waals surface area contributed by atoms with E-state index in [1.165, 1.54) is 19.2 Å². The van der Waals surface area contributed by atoms with Crippen molar-refractivity contribution in [3.8, 4) is 5.75 Å². The molecule has 0 aliphatic carbocycles. The first-order chi connectivity index (χ1) is 9.54. The number of halogens is 1. The zero-order chi connectivity index (χ0) is 14.6. The summed E-state index contributed by atoms with van der Waals surface area (Å²) in [7, 11) is 1.36. The summed E-state index contributed by atoms with van der Waals surface area (Å²) in [5.41, 5.74) is -0.752. The van der Waals surface area contributed by atoms with Crippen LogP contribution >= 0.6 is 0 Å². The van der Waals surface area contributed by atoms with Crippen LogP contribution in [0.25, 0.3) is 0 Å². The second-order valence-corrected chi connectivity index (χ2v) is 4.87. The molecule has 0 atom stereocenters. The SMILES string of the molecule is COc1ccc(C(=O)NCC2(O)CCOCC2)cc1F. The minimum atomic E-state index is -0.946. The van der Waals surface area contributed by atoms with Crippen LogP contribution in [0, 0.1) is 5.82 Å². The third kappa shape index (κ3) is 3.46. The average Bonchev–Trinajstić information content (AvgIpc) is 2.45. The number of hydrogen-bond donors (Lipinski definition) is 2. The molecule has 1 aromatic carbocycles. The molecule has 0 aromatic heterocycles. The standard InChI is InChI=1S/C14H18FNO4/c1-19-12-3-2-10(8-11(12)15)13(17)16-9-14(18)4-6-20-7-5-14/h2-3,8,18H,4-7,9H2,1H3,(H,16,17). The third-order valence-electron chi connectivity index (χ3n) is 3.42. The molecule has 2 N–H and O–H groups in total. The van der Waals surface area contributed by atoms with Gasteiger partial charge in [0, 0.05) is 38.2 Å². The van der Waals surface area contributed by atoms with Crippen molar-refractivity contribution >= 4 is 5.91 Å². The molecule has 5 nitrogen and oxygen atoms in total. The number of carbonyl (C=O) groups is 1. The largest absolute Gasteiger partial charge is 0.494 e. The van der Waals surface area contributed by atoms with Crippen LogP contribution in [0.5, 0.6) is 5.75 Å². The fraction of sp³-hybridized carbons (Fsp3) is 0.500. The van der Waals surface area contributed by atoms with E-state index in [1.807, 2.05) is 0 Å². The summed E-state index contributed by atoms with van der Waals surface area (Å²) in [6.07, 6.45) is 0.953. The number of ether oxygens (including phenoxy) is 2. The van der Waals surface area contributed by atoms with E-state index in [4.69, 9.17) is 9.47 Å². The molecular formula is C14H18FNO4. The van der Waals surface area contributed by atoms with Gasteiger partial charge >= 0.3 is 0 Å². The zero-order valence-electron chi connectivity index (χ0n) is 11.3. The lowest BCUT2D eigenvalue weighted by Crippen LogP contribution is -2.46. The molecule has 1 saturated heterocycles. The summed E-state index contributed by atoms with van der Waals surface area (Å²) in [4.78, 5) is 11.9. The Balaban J connectivity index is 1.96. The van der Waals surface area contributed by atoms with Gasteiger partial charge in [-0.15, -0.1) is 0 Å². The molecule has 1 aliphatic rings. The Hall–Kier alpha value is -1.66. The molecule has 0 unspecified atom stereocenters. The van der Waals surface area contributed by atoms with Crippen LogP contribution < -0.4 is 10.1 Å². The lowest BCUT2D eigenvalue weighted by Gasteiger charge is -2.32. The minimum absolute atomic E-state index is 0.0876. The highest BCUT2D eigenvalue weighted by molar-refractivity contribution is 5.94. The summed E-state index contributed by atoms with van der Waals surface area (Å²) in [5.74, 6) is -0.930. The Morgan fingerprint density at radius 3 is 2.80 bits per heavy atom. The zero-order valence-corrected chi connectivity index (χ0v) is 11.3. The molecule has 0 spiro atoms. The van der Waals surface area contributed by atoms with Crippen molar-refractivity contribution < 1.29 is 23.8 Å². The molecule has 0 bridgehead atoms. The lowest BCUT2D eigenvalue weighted by molar-refractivity contribution is -0.0605. The van der Waals surface area contributed by atoms with Gasteiger partial charge in [0.2, 0.25) is 0 Å². The highest BCUT2D eigenvalue weighted by atomic mass is 19.1. The van der Waals surface area contributed by atoms with Crippen LogP contribution in [-0.2, 0) is 4.74 Å². The van der Waals surface area contributed by atoms with Gasteiger partial charge in [0.1, 0.15) is 0 Å². The second-order valence-electron chi connectivity index (χ2n) is 4.87. The molecule has 2 rings (SSSR count). The Labute approximate surface area is 116 Å². The van der Waals surface area contributed by atoms with Gasteiger partial charge < -0.3 is 19.9 Å². The van der Waals surface area contributed by atoms with Crippen LogP contribution in [0.2, 0.25) is 0 Å². The molecular weight excluding hydrogens is 265 g/mol. The van der Waals surface area contributed by atoms with Crippen molar-refractivity contribution in [1.29, 1.82) is 0 Å². The number of benzene rings is 1. The van der Waals surface area contributed by atoms with Crippen molar-refractivity contribution in [1.82, 2.24) is 5.32 Å². The fourth-order valence-corrected chi connectivity index (χ4v) is 2.08. The predicted octanol–water partition coefficient (Wildman–Crippen LogP) is 1.11. The monoisotopic (exact) mass is 283 g/mol. The number of nitrogens with one attached hydrogen (secondary N) is 1. The van der Waals surface area contributed by atoms with Crippen LogP contribution in [0.3, 0.4) is 0 Å². The maximum Gasteiger partial charge on any atom is 0.251 e. The Morgan fingerprint density at radius 2 is 2.20 bits per heavy atom. The van der Waals surface area contributed by atoms with E-state index < -0.39 is 17.3 Å². The van der Waals surface area contributed by atoms with E-state index in [9.17, 15) is 14.3 Å². The van der Waals surface area contributed by atoms with Gasteiger partial charge in [-0.05, 0) is 18.2 Å². The third-order valence-corrected chi connectivity index (χ3v) is 3.42. The molecule has 1 amide bonds. The molecule has 1 aromatic rings. The quantitative estimate of drug-likeness (QED) is 0.868. The summed E-state index contributed by atoms with van der Waals surface area (Å²) in [5, 5.41) is 12.8. The molecule has 1 heterocycles. The van der Waals surface area contributed by atoms with Crippen molar-refractivity contribution in [2.75, 3.05) is 26.9 Å². The summed E-state index contributed by atoms with van der Waals surface area (Å²) in [6.45, 7) is 1.08. The molecule has 1 fully saturated rings. The smallest absolute Gasteiger partial charge is 0.251 e. The number of carbonyl (C=O) groups excluding carboxylic acids is 1. The van der Waals surface area contributed by atoms with E-state index in [1.54, 1.807) is 0 Å². The van der Waals surface area contributed by atoms with Crippen molar-refractivity contribution in [2.24, 2.45) is 0 Å².